The van der Waals surface area contributed by atoms with Crippen molar-refractivity contribution in [3.63, 3.8) is 0 Å². The number of anilines is 2. The van der Waals surface area contributed by atoms with E-state index in [1.54, 1.807) is 0 Å². The van der Waals surface area contributed by atoms with Gasteiger partial charge in [0.2, 0.25) is 0 Å². The summed E-state index contributed by atoms with van der Waals surface area (Å²) >= 11 is 0. The van der Waals surface area contributed by atoms with Crippen molar-refractivity contribution in [2.45, 2.75) is 25.3 Å². The van der Waals surface area contributed by atoms with Gasteiger partial charge in [0.15, 0.2) is 22.9 Å². The van der Waals surface area contributed by atoms with Crippen LogP contribution >= 0.6 is 0 Å². The van der Waals surface area contributed by atoms with Crippen molar-refractivity contribution in [1.29, 1.82) is 26.3 Å². The molecule has 1 aromatic carbocycles. The lowest BCUT2D eigenvalue weighted by molar-refractivity contribution is 0.470. The number of nitriles is 5. The van der Waals surface area contributed by atoms with Crippen molar-refractivity contribution in [2.75, 3.05) is 11.1 Å². The van der Waals surface area contributed by atoms with E-state index in [4.69, 9.17) is 5.73 Å². The monoisotopic (exact) mass is 405 g/mol. The van der Waals surface area contributed by atoms with E-state index in [0.717, 1.165) is 0 Å². The maximum absolute atomic E-state index is 9.74. The molecule has 0 spiro atoms. The van der Waals surface area contributed by atoms with Gasteiger partial charge in [-0.05, 0) is 6.42 Å². The Labute approximate surface area is 175 Å². The zero-order valence-corrected chi connectivity index (χ0v) is 16.0. The highest BCUT2D eigenvalue weighted by atomic mass is 15.0. The minimum absolute atomic E-state index is 0.107. The molecule has 0 saturated heterocycles. The van der Waals surface area contributed by atoms with Crippen molar-refractivity contribution in [1.82, 2.24) is 19.9 Å². The molecule has 0 saturated carbocycles. The van der Waals surface area contributed by atoms with Crippen molar-refractivity contribution >= 4 is 33.6 Å². The molecule has 3 aromatic rings. The second kappa shape index (κ2) is 7.08. The van der Waals surface area contributed by atoms with Gasteiger partial charge in [0.25, 0.3) is 0 Å². The molecule has 3 atom stereocenters. The predicted octanol–water partition coefficient (Wildman–Crippen LogP) is 1.72. The second-order valence-corrected chi connectivity index (χ2v) is 6.82. The standard InChI is InChI=1S/C20H11N11/c1-2-8-9(3-21)10(4-22)27-16-14(8)15-17(29-12(6-24)11(5-23)28-15)19-18(16)31-20(26)13(7-25)30-19/h8-10,27H,2H2,1H3,(H2,26,31). The summed E-state index contributed by atoms with van der Waals surface area (Å²) in [4.78, 5) is 17.2. The lowest BCUT2D eigenvalue weighted by atomic mass is 9.76. The Bertz CT molecular complexity index is 1490. The first-order chi connectivity index (χ1) is 15.0. The van der Waals surface area contributed by atoms with E-state index < -0.39 is 17.9 Å². The average Bonchev–Trinajstić information content (AvgIpc) is 2.81. The van der Waals surface area contributed by atoms with Gasteiger partial charge in [-0.3, -0.25) is 0 Å². The SMILES string of the molecule is CCC1c2c(c3nc(N)c(C#N)nc3c3nc(C#N)c(C#N)nc23)NC(C#N)C1C#N. The average molecular weight is 405 g/mol. The third-order valence-electron chi connectivity index (χ3n) is 5.31. The summed E-state index contributed by atoms with van der Waals surface area (Å²) in [7, 11) is 0. The van der Waals surface area contributed by atoms with Crippen molar-refractivity contribution in [3.05, 3.63) is 22.6 Å². The van der Waals surface area contributed by atoms with Crippen LogP contribution in [0.25, 0.3) is 22.1 Å². The molecule has 0 radical (unpaired) electrons. The predicted molar refractivity (Wildman–Crippen MR) is 106 cm³/mol. The molecule has 2 aromatic heterocycles. The van der Waals surface area contributed by atoms with Crippen LogP contribution in [0.5, 0.6) is 0 Å². The van der Waals surface area contributed by atoms with Gasteiger partial charge in [-0.25, -0.2) is 19.9 Å². The van der Waals surface area contributed by atoms with E-state index in [-0.39, 0.29) is 45.0 Å². The van der Waals surface area contributed by atoms with Crippen LogP contribution in [0.3, 0.4) is 0 Å². The highest BCUT2D eigenvalue weighted by Gasteiger charge is 2.40. The lowest BCUT2D eigenvalue weighted by Gasteiger charge is -2.34. The zero-order valence-electron chi connectivity index (χ0n) is 16.0. The van der Waals surface area contributed by atoms with Crippen molar-refractivity contribution < 1.29 is 0 Å². The molecule has 0 fully saturated rings. The van der Waals surface area contributed by atoms with E-state index in [1.165, 1.54) is 0 Å². The van der Waals surface area contributed by atoms with Crippen molar-refractivity contribution in [3.8, 4) is 30.3 Å². The van der Waals surface area contributed by atoms with Gasteiger partial charge in [-0.2, -0.15) is 26.3 Å². The first-order valence-corrected chi connectivity index (χ1v) is 9.13. The summed E-state index contributed by atoms with van der Waals surface area (Å²) in [5.41, 5.74) is 7.17. The van der Waals surface area contributed by atoms with Gasteiger partial charge in [0.05, 0.1) is 29.3 Å². The highest BCUT2D eigenvalue weighted by molar-refractivity contribution is 6.10. The summed E-state index contributed by atoms with van der Waals surface area (Å²) < 4.78 is 0. The molecule has 31 heavy (non-hydrogen) atoms. The van der Waals surface area contributed by atoms with Crippen LogP contribution in [0.1, 0.15) is 41.9 Å². The maximum Gasteiger partial charge on any atom is 0.183 e. The molecule has 0 aliphatic carbocycles. The van der Waals surface area contributed by atoms with Gasteiger partial charge in [0, 0.05) is 11.5 Å². The number of nitrogens with one attached hydrogen (secondary N) is 1. The second-order valence-electron chi connectivity index (χ2n) is 6.82. The first kappa shape index (κ1) is 19.3. The van der Waals surface area contributed by atoms with Gasteiger partial charge in [-0.1, -0.05) is 6.92 Å². The summed E-state index contributed by atoms with van der Waals surface area (Å²) in [5, 5.41) is 50.6. The molecule has 11 nitrogen and oxygen atoms in total. The van der Waals surface area contributed by atoms with Gasteiger partial charge < -0.3 is 11.1 Å². The Kier molecular flexibility index (Phi) is 4.40. The van der Waals surface area contributed by atoms with Crippen LogP contribution in [0, 0.1) is 62.6 Å². The third kappa shape index (κ3) is 2.61. The van der Waals surface area contributed by atoms with E-state index in [0.29, 0.717) is 17.7 Å². The van der Waals surface area contributed by atoms with Crippen LogP contribution < -0.4 is 11.1 Å². The number of nitrogens with zero attached hydrogens (tertiary/aromatic N) is 9. The molecule has 11 heteroatoms. The molecule has 4 rings (SSSR count). The Morgan fingerprint density at radius 3 is 1.94 bits per heavy atom. The molecule has 3 N–H and O–H groups in total. The number of fused-ring (bicyclic) bond motifs is 6. The zero-order chi connectivity index (χ0) is 22.3. The number of aromatic nitrogens is 4. The quantitative estimate of drug-likeness (QED) is 0.556. The Balaban J connectivity index is 2.29. The van der Waals surface area contributed by atoms with E-state index in [2.05, 4.69) is 37.4 Å². The largest absolute Gasteiger partial charge is 0.381 e. The van der Waals surface area contributed by atoms with Crippen LogP contribution in [0.2, 0.25) is 0 Å². The van der Waals surface area contributed by atoms with Gasteiger partial charge >= 0.3 is 0 Å². The van der Waals surface area contributed by atoms with Crippen LogP contribution in [-0.2, 0) is 0 Å². The molecule has 0 bridgehead atoms. The van der Waals surface area contributed by atoms with Crippen LogP contribution in [0.4, 0.5) is 11.5 Å². The number of nitrogen functional groups attached to an aromatic ring is 1. The fourth-order valence-corrected chi connectivity index (χ4v) is 3.96. The molecular weight excluding hydrogens is 394 g/mol. The maximum atomic E-state index is 9.74. The Morgan fingerprint density at radius 2 is 1.39 bits per heavy atom. The molecule has 1 aliphatic rings. The molecule has 146 valence electrons. The number of rotatable bonds is 1. The topological polar surface area (TPSA) is 209 Å². The van der Waals surface area contributed by atoms with E-state index in [9.17, 15) is 26.3 Å². The Morgan fingerprint density at radius 1 is 0.806 bits per heavy atom. The molecular formula is C20H11N11. The Hall–Kier alpha value is -5.05. The van der Waals surface area contributed by atoms with Crippen LogP contribution in [-0.4, -0.2) is 26.0 Å². The minimum atomic E-state index is -0.830. The molecule has 1 aliphatic heterocycles. The number of nitrogens with two attached hydrogens (primary N) is 1. The van der Waals surface area contributed by atoms with E-state index >= 15 is 0 Å². The molecule has 0 amide bonds. The smallest absolute Gasteiger partial charge is 0.183 e. The molecule has 3 unspecified atom stereocenters. The molecule has 3 heterocycles. The number of hydrogen-bond acceptors (Lipinski definition) is 11. The van der Waals surface area contributed by atoms with Gasteiger partial charge in [-0.15, -0.1) is 0 Å². The minimum Gasteiger partial charge on any atom is -0.381 e. The van der Waals surface area contributed by atoms with Gasteiger partial charge in [0.1, 0.15) is 40.8 Å². The fourth-order valence-electron chi connectivity index (χ4n) is 3.96. The van der Waals surface area contributed by atoms with Crippen molar-refractivity contribution in [2.24, 2.45) is 5.92 Å². The lowest BCUT2D eigenvalue weighted by Crippen LogP contribution is -2.36. The number of hydrogen-bond donors (Lipinski definition) is 2. The third-order valence-corrected chi connectivity index (χ3v) is 5.31. The summed E-state index contributed by atoms with van der Waals surface area (Å²) in [6.07, 6.45) is 0.494. The first-order valence-electron chi connectivity index (χ1n) is 9.13. The number of benzene rings is 1. The van der Waals surface area contributed by atoms with E-state index in [1.807, 2.05) is 25.1 Å². The van der Waals surface area contributed by atoms with Crippen LogP contribution in [0.15, 0.2) is 0 Å². The summed E-state index contributed by atoms with van der Waals surface area (Å²) in [6.45, 7) is 1.87. The summed E-state index contributed by atoms with van der Waals surface area (Å²) in [5.74, 6) is -1.23. The fraction of sp³-hybridized carbons (Fsp3) is 0.250. The normalized spacial score (nSPS) is 19.2. The highest BCUT2D eigenvalue weighted by Crippen LogP contribution is 2.46. The summed E-state index contributed by atoms with van der Waals surface area (Å²) in [6, 6.07) is 9.02.